The number of amides is 2. The molecule has 0 aliphatic rings. The summed E-state index contributed by atoms with van der Waals surface area (Å²) in [7, 11) is 0. The largest absolute Gasteiger partial charge is 0.494 e. The van der Waals surface area contributed by atoms with Gasteiger partial charge in [0, 0.05) is 18.1 Å². The van der Waals surface area contributed by atoms with Gasteiger partial charge in [0.25, 0.3) is 0 Å². The summed E-state index contributed by atoms with van der Waals surface area (Å²) in [4.78, 5) is 15.9. The molecule has 2 N–H and O–H groups in total. The Hall–Kier alpha value is -2.08. The number of benzene rings is 1. The third-order valence-electron chi connectivity index (χ3n) is 2.79. The highest BCUT2D eigenvalue weighted by Gasteiger charge is 2.10. The van der Waals surface area contributed by atoms with Crippen LogP contribution in [0.25, 0.3) is 0 Å². The van der Waals surface area contributed by atoms with Crippen LogP contribution in [-0.2, 0) is 0 Å². The molecule has 1 atom stereocenters. The quantitative estimate of drug-likeness (QED) is 0.773. The molecule has 6 heteroatoms. The predicted octanol–water partition coefficient (Wildman–Crippen LogP) is 2.97. The van der Waals surface area contributed by atoms with E-state index in [9.17, 15) is 4.79 Å². The molecule has 0 saturated carbocycles. The van der Waals surface area contributed by atoms with Crippen molar-refractivity contribution in [1.29, 1.82) is 0 Å². The molecule has 1 unspecified atom stereocenters. The van der Waals surface area contributed by atoms with Crippen LogP contribution in [0, 0.1) is 0 Å². The molecule has 5 nitrogen and oxygen atoms in total. The summed E-state index contributed by atoms with van der Waals surface area (Å²) in [5, 5.41) is 8.45. The average Bonchev–Trinajstić information content (AvgIpc) is 3.02. The van der Waals surface area contributed by atoms with Gasteiger partial charge < -0.3 is 15.4 Å². The van der Waals surface area contributed by atoms with E-state index in [1.54, 1.807) is 6.20 Å². The standard InChI is InChI=1S/C15H19N3O2S/c1-12(14-16-9-11-21-14)18-15(19)17-8-5-10-20-13-6-3-2-4-7-13/h2-4,6-7,9,11-12H,5,8,10H2,1H3,(H2,17,18,19). The zero-order valence-corrected chi connectivity index (χ0v) is 12.7. The Morgan fingerprint density at radius 2 is 2.19 bits per heavy atom. The van der Waals surface area contributed by atoms with Crippen LogP contribution in [0.5, 0.6) is 5.75 Å². The highest BCUT2D eigenvalue weighted by Crippen LogP contribution is 2.14. The van der Waals surface area contributed by atoms with E-state index in [2.05, 4.69) is 15.6 Å². The molecule has 0 aliphatic carbocycles. The summed E-state index contributed by atoms with van der Waals surface area (Å²) in [5.74, 6) is 0.847. The number of ether oxygens (including phenoxy) is 1. The van der Waals surface area contributed by atoms with Gasteiger partial charge >= 0.3 is 6.03 Å². The first-order chi connectivity index (χ1) is 10.3. The third-order valence-corrected chi connectivity index (χ3v) is 3.75. The van der Waals surface area contributed by atoms with Crippen molar-refractivity contribution in [3.05, 3.63) is 46.9 Å². The Balaban J connectivity index is 1.57. The van der Waals surface area contributed by atoms with Crippen LogP contribution in [0.4, 0.5) is 4.79 Å². The molecule has 21 heavy (non-hydrogen) atoms. The Morgan fingerprint density at radius 1 is 1.38 bits per heavy atom. The Bertz CT molecular complexity index is 531. The molecule has 0 saturated heterocycles. The smallest absolute Gasteiger partial charge is 0.315 e. The van der Waals surface area contributed by atoms with E-state index in [1.165, 1.54) is 11.3 Å². The minimum absolute atomic E-state index is 0.0782. The zero-order valence-electron chi connectivity index (χ0n) is 11.9. The maximum Gasteiger partial charge on any atom is 0.315 e. The van der Waals surface area contributed by atoms with Crippen LogP contribution >= 0.6 is 11.3 Å². The zero-order chi connectivity index (χ0) is 14.9. The molecule has 0 radical (unpaired) electrons. The number of carbonyl (C=O) groups is 1. The van der Waals surface area contributed by atoms with Gasteiger partial charge in [-0.15, -0.1) is 11.3 Å². The Morgan fingerprint density at radius 3 is 2.90 bits per heavy atom. The minimum Gasteiger partial charge on any atom is -0.494 e. The highest BCUT2D eigenvalue weighted by atomic mass is 32.1. The first-order valence-electron chi connectivity index (χ1n) is 6.87. The molecule has 2 amide bonds. The SMILES string of the molecule is CC(NC(=O)NCCCOc1ccccc1)c1nccs1. The number of rotatable bonds is 7. The summed E-state index contributed by atoms with van der Waals surface area (Å²) in [6, 6.07) is 9.37. The number of hydrogen-bond donors (Lipinski definition) is 2. The van der Waals surface area contributed by atoms with Gasteiger partial charge in [-0.3, -0.25) is 0 Å². The molecule has 0 aliphatic heterocycles. The van der Waals surface area contributed by atoms with Gasteiger partial charge in [-0.05, 0) is 25.5 Å². The number of thiazole rings is 1. The van der Waals surface area contributed by atoms with Crippen LogP contribution in [0.15, 0.2) is 41.9 Å². The first-order valence-corrected chi connectivity index (χ1v) is 7.75. The van der Waals surface area contributed by atoms with Crippen molar-refractivity contribution in [1.82, 2.24) is 15.6 Å². The molecular weight excluding hydrogens is 286 g/mol. The Kier molecular flexibility index (Phi) is 6.02. The molecule has 0 bridgehead atoms. The maximum atomic E-state index is 11.7. The van der Waals surface area contributed by atoms with Crippen LogP contribution in [-0.4, -0.2) is 24.2 Å². The summed E-state index contributed by atoms with van der Waals surface area (Å²) < 4.78 is 5.55. The molecule has 0 spiro atoms. The number of nitrogens with zero attached hydrogens (tertiary/aromatic N) is 1. The molecule has 0 fully saturated rings. The molecule has 2 rings (SSSR count). The number of urea groups is 1. The van der Waals surface area contributed by atoms with Gasteiger partial charge in [-0.2, -0.15) is 0 Å². The van der Waals surface area contributed by atoms with E-state index < -0.39 is 0 Å². The van der Waals surface area contributed by atoms with Crippen molar-refractivity contribution in [2.45, 2.75) is 19.4 Å². The number of carbonyl (C=O) groups excluding carboxylic acids is 1. The summed E-state index contributed by atoms with van der Waals surface area (Å²) in [5.41, 5.74) is 0. The van der Waals surface area contributed by atoms with Crippen molar-refractivity contribution >= 4 is 17.4 Å². The number of hydrogen-bond acceptors (Lipinski definition) is 4. The first kappa shape index (κ1) is 15.3. The van der Waals surface area contributed by atoms with Crippen LogP contribution < -0.4 is 15.4 Å². The van der Waals surface area contributed by atoms with Gasteiger partial charge in [0.15, 0.2) is 0 Å². The summed E-state index contributed by atoms with van der Waals surface area (Å²) >= 11 is 1.53. The van der Waals surface area contributed by atoms with Gasteiger partial charge in [-0.25, -0.2) is 9.78 Å². The predicted molar refractivity (Wildman–Crippen MR) is 83.6 cm³/mol. The van der Waals surface area contributed by atoms with E-state index in [4.69, 9.17) is 4.74 Å². The Labute approximate surface area is 128 Å². The lowest BCUT2D eigenvalue weighted by molar-refractivity contribution is 0.236. The summed E-state index contributed by atoms with van der Waals surface area (Å²) in [6.07, 6.45) is 2.49. The van der Waals surface area contributed by atoms with Crippen molar-refractivity contribution < 1.29 is 9.53 Å². The maximum absolute atomic E-state index is 11.7. The molecule has 1 aromatic carbocycles. The molecular formula is C15H19N3O2S. The van der Waals surface area contributed by atoms with E-state index in [-0.39, 0.29) is 12.1 Å². The fraction of sp³-hybridized carbons (Fsp3) is 0.333. The number of nitrogens with one attached hydrogen (secondary N) is 2. The lowest BCUT2D eigenvalue weighted by atomic mass is 10.3. The highest BCUT2D eigenvalue weighted by molar-refractivity contribution is 7.09. The third kappa shape index (κ3) is 5.43. The molecule has 1 heterocycles. The van der Waals surface area contributed by atoms with Gasteiger partial charge in [0.2, 0.25) is 0 Å². The fourth-order valence-electron chi connectivity index (χ4n) is 1.74. The molecule has 1 aromatic heterocycles. The lowest BCUT2D eigenvalue weighted by Gasteiger charge is -2.12. The molecule has 2 aromatic rings. The van der Waals surface area contributed by atoms with E-state index >= 15 is 0 Å². The van der Waals surface area contributed by atoms with E-state index in [0.29, 0.717) is 13.2 Å². The fourth-order valence-corrected chi connectivity index (χ4v) is 2.38. The normalized spacial score (nSPS) is 11.7. The minimum atomic E-state index is -0.183. The van der Waals surface area contributed by atoms with Gasteiger partial charge in [0.1, 0.15) is 10.8 Å². The van der Waals surface area contributed by atoms with Gasteiger partial charge in [0.05, 0.1) is 12.6 Å². The van der Waals surface area contributed by atoms with Crippen LogP contribution in [0.2, 0.25) is 0 Å². The monoisotopic (exact) mass is 305 g/mol. The second kappa shape index (κ2) is 8.26. The van der Waals surface area contributed by atoms with Gasteiger partial charge in [-0.1, -0.05) is 18.2 Å². The van der Waals surface area contributed by atoms with Crippen molar-refractivity contribution in [2.75, 3.05) is 13.2 Å². The average molecular weight is 305 g/mol. The number of para-hydroxylation sites is 1. The number of aromatic nitrogens is 1. The second-order valence-electron chi connectivity index (χ2n) is 4.51. The summed E-state index contributed by atoms with van der Waals surface area (Å²) in [6.45, 7) is 3.06. The molecule has 112 valence electrons. The lowest BCUT2D eigenvalue weighted by Crippen LogP contribution is -2.37. The second-order valence-corrected chi connectivity index (χ2v) is 5.43. The van der Waals surface area contributed by atoms with Crippen molar-refractivity contribution in [2.24, 2.45) is 0 Å². The van der Waals surface area contributed by atoms with Crippen molar-refractivity contribution in [3.8, 4) is 5.75 Å². The van der Waals surface area contributed by atoms with E-state index in [1.807, 2.05) is 42.6 Å². The van der Waals surface area contributed by atoms with Crippen LogP contribution in [0.1, 0.15) is 24.4 Å². The van der Waals surface area contributed by atoms with Crippen LogP contribution in [0.3, 0.4) is 0 Å². The van der Waals surface area contributed by atoms with E-state index in [0.717, 1.165) is 17.2 Å². The van der Waals surface area contributed by atoms with Crippen molar-refractivity contribution in [3.63, 3.8) is 0 Å². The topological polar surface area (TPSA) is 63.2 Å².